The molecule has 1 amide bonds. The van der Waals surface area contributed by atoms with E-state index in [1.165, 1.54) is 0 Å². The fourth-order valence-electron chi connectivity index (χ4n) is 2.86. The topological polar surface area (TPSA) is 49.6 Å². The molecule has 4 heteroatoms. The molecule has 0 aromatic carbocycles. The number of amides is 1. The highest BCUT2D eigenvalue weighted by Crippen LogP contribution is 2.20. The lowest BCUT2D eigenvalue weighted by atomic mass is 10.0. The molecule has 2 heterocycles. The molecule has 102 valence electrons. The van der Waals surface area contributed by atoms with Gasteiger partial charge >= 0.3 is 0 Å². The van der Waals surface area contributed by atoms with Crippen LogP contribution in [0.15, 0.2) is 11.6 Å². The van der Waals surface area contributed by atoms with E-state index in [1.807, 2.05) is 18.7 Å². The lowest BCUT2D eigenvalue weighted by Crippen LogP contribution is -2.46. The molecule has 0 spiro atoms. The molecule has 0 radical (unpaired) electrons. The number of carbonyl (C=O) groups excluding carboxylic acids is 1. The Labute approximate surface area is 110 Å². The zero-order valence-corrected chi connectivity index (χ0v) is 11.6. The fourth-order valence-corrected chi connectivity index (χ4v) is 2.86. The summed E-state index contributed by atoms with van der Waals surface area (Å²) in [5.41, 5.74) is 7.00. The molecule has 1 unspecified atom stereocenters. The minimum Gasteiger partial charge on any atom is -0.338 e. The number of carbonyl (C=O) groups is 1. The molecular weight excluding hydrogens is 226 g/mol. The summed E-state index contributed by atoms with van der Waals surface area (Å²) < 4.78 is 0. The first-order valence-corrected chi connectivity index (χ1v) is 6.99. The van der Waals surface area contributed by atoms with Crippen LogP contribution in [-0.2, 0) is 4.79 Å². The Bertz CT molecular complexity index is 328. The van der Waals surface area contributed by atoms with Gasteiger partial charge in [0.15, 0.2) is 0 Å². The summed E-state index contributed by atoms with van der Waals surface area (Å²) in [6.07, 6.45) is 5.04. The number of nitrogens with two attached hydrogens (primary N) is 1. The first kappa shape index (κ1) is 13.6. The molecule has 2 aliphatic rings. The molecule has 2 saturated heterocycles. The van der Waals surface area contributed by atoms with Crippen molar-refractivity contribution in [3.63, 3.8) is 0 Å². The molecule has 2 fully saturated rings. The van der Waals surface area contributed by atoms with Crippen molar-refractivity contribution in [2.75, 3.05) is 26.2 Å². The van der Waals surface area contributed by atoms with E-state index in [4.69, 9.17) is 5.73 Å². The molecule has 2 N–H and O–H groups in total. The molecule has 0 aromatic rings. The van der Waals surface area contributed by atoms with Crippen LogP contribution in [0.5, 0.6) is 0 Å². The number of likely N-dealkylation sites (tertiary alicyclic amines) is 2. The van der Waals surface area contributed by atoms with Crippen LogP contribution in [0.25, 0.3) is 0 Å². The number of allylic oxidation sites excluding steroid dienone is 1. The van der Waals surface area contributed by atoms with E-state index in [0.717, 1.165) is 51.0 Å². The van der Waals surface area contributed by atoms with Crippen LogP contribution in [0.2, 0.25) is 0 Å². The van der Waals surface area contributed by atoms with Gasteiger partial charge < -0.3 is 10.6 Å². The zero-order chi connectivity index (χ0) is 13.1. The third kappa shape index (κ3) is 3.33. The maximum Gasteiger partial charge on any atom is 0.246 e. The molecule has 2 rings (SSSR count). The van der Waals surface area contributed by atoms with E-state index in [1.54, 1.807) is 6.08 Å². The number of hydrogen-bond acceptors (Lipinski definition) is 3. The van der Waals surface area contributed by atoms with Crippen molar-refractivity contribution in [3.8, 4) is 0 Å². The van der Waals surface area contributed by atoms with Gasteiger partial charge in [-0.1, -0.05) is 5.57 Å². The average molecular weight is 251 g/mol. The Kier molecular flexibility index (Phi) is 4.40. The van der Waals surface area contributed by atoms with Crippen molar-refractivity contribution in [1.82, 2.24) is 9.80 Å². The summed E-state index contributed by atoms with van der Waals surface area (Å²) in [5, 5.41) is 0. The first-order valence-electron chi connectivity index (χ1n) is 6.99. The maximum absolute atomic E-state index is 11.9. The average Bonchev–Trinajstić information content (AvgIpc) is 2.78. The van der Waals surface area contributed by atoms with Gasteiger partial charge in [-0.25, -0.2) is 0 Å². The predicted octanol–water partition coefficient (Wildman–Crippen LogP) is 0.977. The predicted molar refractivity (Wildman–Crippen MR) is 73.2 cm³/mol. The van der Waals surface area contributed by atoms with Crippen LogP contribution in [0.4, 0.5) is 0 Å². The minimum absolute atomic E-state index is 0.172. The molecule has 0 aliphatic carbocycles. The normalized spacial score (nSPS) is 26.4. The van der Waals surface area contributed by atoms with Gasteiger partial charge in [0.2, 0.25) is 5.91 Å². The molecule has 2 aliphatic heterocycles. The van der Waals surface area contributed by atoms with Crippen molar-refractivity contribution >= 4 is 5.91 Å². The van der Waals surface area contributed by atoms with Gasteiger partial charge in [-0.3, -0.25) is 9.69 Å². The van der Waals surface area contributed by atoms with Crippen LogP contribution in [0, 0.1) is 0 Å². The van der Waals surface area contributed by atoms with Crippen molar-refractivity contribution in [1.29, 1.82) is 0 Å². The lowest BCUT2D eigenvalue weighted by Gasteiger charge is -2.34. The summed E-state index contributed by atoms with van der Waals surface area (Å²) in [7, 11) is 0. The third-order valence-electron chi connectivity index (χ3n) is 3.98. The van der Waals surface area contributed by atoms with Gasteiger partial charge in [0.05, 0.1) is 0 Å². The number of piperidine rings is 1. The van der Waals surface area contributed by atoms with E-state index in [-0.39, 0.29) is 5.91 Å². The smallest absolute Gasteiger partial charge is 0.246 e. The van der Waals surface area contributed by atoms with Gasteiger partial charge in [0, 0.05) is 31.2 Å². The van der Waals surface area contributed by atoms with E-state index in [9.17, 15) is 4.79 Å². The Hall–Kier alpha value is -0.870. The Morgan fingerprint density at radius 2 is 1.83 bits per heavy atom. The second kappa shape index (κ2) is 5.85. The molecule has 0 bridgehead atoms. The summed E-state index contributed by atoms with van der Waals surface area (Å²) >= 11 is 0. The van der Waals surface area contributed by atoms with Gasteiger partial charge in [-0.2, -0.15) is 0 Å². The van der Waals surface area contributed by atoms with Gasteiger partial charge in [0.25, 0.3) is 0 Å². The van der Waals surface area contributed by atoms with E-state index >= 15 is 0 Å². The van der Waals surface area contributed by atoms with E-state index < -0.39 is 0 Å². The van der Waals surface area contributed by atoms with Crippen molar-refractivity contribution < 1.29 is 4.79 Å². The Morgan fingerprint density at radius 1 is 1.17 bits per heavy atom. The van der Waals surface area contributed by atoms with Crippen molar-refractivity contribution in [2.45, 2.75) is 45.2 Å². The molecule has 1 atom stereocenters. The number of nitrogens with zero attached hydrogens (tertiary/aromatic N) is 2. The monoisotopic (exact) mass is 251 g/mol. The lowest BCUT2D eigenvalue weighted by molar-refractivity contribution is -0.125. The summed E-state index contributed by atoms with van der Waals surface area (Å²) in [5.74, 6) is 0.172. The van der Waals surface area contributed by atoms with Gasteiger partial charge in [-0.05, 0) is 46.2 Å². The fraction of sp³-hybridized carbons (Fsp3) is 0.786. The summed E-state index contributed by atoms with van der Waals surface area (Å²) in [6.45, 7) is 7.91. The second-order valence-corrected chi connectivity index (χ2v) is 5.82. The quantitative estimate of drug-likeness (QED) is 0.744. The largest absolute Gasteiger partial charge is 0.338 e. The Balaban J connectivity index is 1.85. The number of hydrogen-bond donors (Lipinski definition) is 1. The van der Waals surface area contributed by atoms with Crippen LogP contribution in [-0.4, -0.2) is 54.0 Å². The first-order chi connectivity index (χ1) is 8.56. The highest BCUT2D eigenvalue weighted by molar-refractivity contribution is 5.88. The van der Waals surface area contributed by atoms with Crippen LogP contribution < -0.4 is 5.73 Å². The summed E-state index contributed by atoms with van der Waals surface area (Å²) in [6, 6.07) is 0.929. The van der Waals surface area contributed by atoms with E-state index in [0.29, 0.717) is 12.1 Å². The molecule has 4 nitrogen and oxygen atoms in total. The second-order valence-electron chi connectivity index (χ2n) is 5.82. The highest BCUT2D eigenvalue weighted by atomic mass is 16.2. The number of rotatable bonds is 2. The van der Waals surface area contributed by atoms with Crippen LogP contribution >= 0.6 is 0 Å². The van der Waals surface area contributed by atoms with E-state index in [2.05, 4.69) is 4.90 Å². The molecule has 0 saturated carbocycles. The van der Waals surface area contributed by atoms with Gasteiger partial charge in [0.1, 0.15) is 0 Å². The van der Waals surface area contributed by atoms with Crippen LogP contribution in [0.3, 0.4) is 0 Å². The minimum atomic E-state index is 0.172. The Morgan fingerprint density at radius 3 is 2.44 bits per heavy atom. The molecule has 0 aromatic heterocycles. The zero-order valence-electron chi connectivity index (χ0n) is 11.6. The standard InChI is InChI=1S/C14H25N3O/c1-11(2)9-14(18)17-8-5-13(10-17)16-6-3-12(15)4-7-16/h9,12-13H,3-8,10,15H2,1-2H3. The SMILES string of the molecule is CC(C)=CC(=O)N1CCC(N2CCC(N)CC2)C1. The van der Waals surface area contributed by atoms with Crippen molar-refractivity contribution in [3.05, 3.63) is 11.6 Å². The van der Waals surface area contributed by atoms with Gasteiger partial charge in [-0.15, -0.1) is 0 Å². The van der Waals surface area contributed by atoms with Crippen LogP contribution in [0.1, 0.15) is 33.1 Å². The molecule has 18 heavy (non-hydrogen) atoms. The summed E-state index contributed by atoms with van der Waals surface area (Å²) in [4.78, 5) is 16.4. The van der Waals surface area contributed by atoms with Crippen molar-refractivity contribution in [2.24, 2.45) is 5.73 Å². The molecular formula is C14H25N3O. The highest BCUT2D eigenvalue weighted by Gasteiger charge is 2.31. The maximum atomic E-state index is 11.9. The third-order valence-corrected chi connectivity index (χ3v) is 3.98.